The van der Waals surface area contributed by atoms with E-state index in [0.29, 0.717) is 39.5 Å². The normalized spacial score (nSPS) is 24.8. The Morgan fingerprint density at radius 3 is 2.09 bits per heavy atom. The van der Waals surface area contributed by atoms with Crippen molar-refractivity contribution < 1.29 is 38.0 Å². The molecule has 4 rings (SSSR count). The molecule has 0 bridgehead atoms. The van der Waals surface area contributed by atoms with E-state index in [1.54, 1.807) is 7.11 Å². The molecule has 1 saturated heterocycles. The quantitative estimate of drug-likeness (QED) is 0.138. The minimum absolute atomic E-state index is 0.508. The van der Waals surface area contributed by atoms with Crippen LogP contribution in [0.5, 0.6) is 11.5 Å². The molecule has 8 nitrogen and oxygen atoms in total. The SMILES string of the molecule is CCCCO[C@H]1[C@H](OCCCC)[C@@H](C=O)OC(OC)(c2ccc(CC)c(Cc3ccc4c(c3)OCCO4)c2)[C@@H]1OCCCC. The molecule has 0 amide bonds. The van der Waals surface area contributed by atoms with Crippen molar-refractivity contribution in [3.8, 4) is 11.5 Å². The first-order valence-corrected chi connectivity index (χ1v) is 16.6. The fourth-order valence-electron chi connectivity index (χ4n) is 5.96. The van der Waals surface area contributed by atoms with Crippen molar-refractivity contribution >= 4 is 6.29 Å². The number of fused-ring (bicyclic) bond motifs is 1. The molecular weight excluding hydrogens is 560 g/mol. The van der Waals surface area contributed by atoms with Gasteiger partial charge >= 0.3 is 0 Å². The summed E-state index contributed by atoms with van der Waals surface area (Å²) in [6.07, 6.45) is 5.23. The predicted molar refractivity (Wildman–Crippen MR) is 170 cm³/mol. The van der Waals surface area contributed by atoms with E-state index in [1.807, 2.05) is 12.1 Å². The van der Waals surface area contributed by atoms with Crippen LogP contribution in [0.1, 0.15) is 88.5 Å². The molecule has 2 heterocycles. The van der Waals surface area contributed by atoms with Crippen molar-refractivity contribution in [2.75, 3.05) is 40.1 Å². The van der Waals surface area contributed by atoms with E-state index in [0.717, 1.165) is 79.4 Å². The van der Waals surface area contributed by atoms with Crippen LogP contribution in [0, 0.1) is 0 Å². The second kappa shape index (κ2) is 17.3. The van der Waals surface area contributed by atoms with Crippen LogP contribution in [-0.4, -0.2) is 70.8 Å². The average molecular weight is 613 g/mol. The molecule has 1 unspecified atom stereocenters. The minimum atomic E-state index is -1.38. The van der Waals surface area contributed by atoms with Crippen molar-refractivity contribution in [2.45, 2.75) is 109 Å². The topological polar surface area (TPSA) is 81.7 Å². The number of ether oxygens (including phenoxy) is 7. The van der Waals surface area contributed by atoms with Crippen LogP contribution in [0.15, 0.2) is 36.4 Å². The van der Waals surface area contributed by atoms with E-state index in [2.05, 4.69) is 52.0 Å². The first kappa shape index (κ1) is 34.4. The van der Waals surface area contributed by atoms with E-state index in [1.165, 1.54) is 5.56 Å². The van der Waals surface area contributed by atoms with Gasteiger partial charge in [0.2, 0.25) is 5.79 Å². The van der Waals surface area contributed by atoms with Gasteiger partial charge in [0.25, 0.3) is 0 Å². The molecule has 8 heteroatoms. The zero-order valence-corrected chi connectivity index (χ0v) is 27.3. The number of methoxy groups -OCH3 is 1. The molecule has 0 N–H and O–H groups in total. The standard InChI is InChI=1S/C36H52O8/c1-6-10-17-41-33-32(25-37)44-36(38-5,35(43-19-12-8-3)34(33)42-18-11-7-2)29-15-14-27(9-4)28(24-29)22-26-13-16-30-31(23-26)40-21-20-39-30/h13-16,23-25,32-35H,6-12,17-22H2,1-5H3/t32-,33-,34+,35-,36?/m1/s1. The number of aryl methyl sites for hydroxylation is 1. The molecule has 0 saturated carbocycles. The summed E-state index contributed by atoms with van der Waals surface area (Å²) >= 11 is 0. The maximum absolute atomic E-state index is 12.6. The molecule has 0 aliphatic carbocycles. The summed E-state index contributed by atoms with van der Waals surface area (Å²) in [6, 6.07) is 12.4. The first-order chi connectivity index (χ1) is 21.5. The molecular formula is C36H52O8. The lowest BCUT2D eigenvalue weighted by molar-refractivity contribution is -0.370. The maximum atomic E-state index is 12.6. The van der Waals surface area contributed by atoms with Gasteiger partial charge in [0.15, 0.2) is 17.8 Å². The molecule has 244 valence electrons. The summed E-state index contributed by atoms with van der Waals surface area (Å²) in [7, 11) is 1.62. The van der Waals surface area contributed by atoms with E-state index >= 15 is 0 Å². The zero-order chi connectivity index (χ0) is 31.4. The molecule has 2 aromatic carbocycles. The molecule has 0 aromatic heterocycles. The second-order valence-electron chi connectivity index (χ2n) is 11.6. The van der Waals surface area contributed by atoms with Crippen LogP contribution in [-0.2, 0) is 47.1 Å². The van der Waals surface area contributed by atoms with Gasteiger partial charge in [-0.05, 0) is 67.0 Å². The van der Waals surface area contributed by atoms with E-state index in [-0.39, 0.29) is 0 Å². The molecule has 0 radical (unpaired) electrons. The van der Waals surface area contributed by atoms with Gasteiger partial charge in [-0.3, -0.25) is 0 Å². The van der Waals surface area contributed by atoms with Gasteiger partial charge < -0.3 is 38.0 Å². The number of hydrogen-bond donors (Lipinski definition) is 0. The molecule has 2 aromatic rings. The van der Waals surface area contributed by atoms with Crippen LogP contribution in [0.4, 0.5) is 0 Å². The van der Waals surface area contributed by atoms with Crippen LogP contribution in [0.25, 0.3) is 0 Å². The average Bonchev–Trinajstić information content (AvgIpc) is 3.05. The largest absolute Gasteiger partial charge is 0.486 e. The third kappa shape index (κ3) is 8.01. The summed E-state index contributed by atoms with van der Waals surface area (Å²) in [5.74, 6) is 0.163. The summed E-state index contributed by atoms with van der Waals surface area (Å²) in [5.41, 5.74) is 4.26. The molecule has 0 spiro atoms. The number of carbonyl (C=O) groups is 1. The van der Waals surface area contributed by atoms with Gasteiger partial charge in [0.05, 0.1) is 0 Å². The van der Waals surface area contributed by atoms with Crippen molar-refractivity contribution in [3.63, 3.8) is 0 Å². The lowest BCUT2D eigenvalue weighted by Gasteiger charge is -2.51. The van der Waals surface area contributed by atoms with Gasteiger partial charge in [-0.1, -0.05) is 65.2 Å². The number of carbonyl (C=O) groups excluding carboxylic acids is 1. The highest BCUT2D eigenvalue weighted by Crippen LogP contribution is 2.43. The van der Waals surface area contributed by atoms with Crippen LogP contribution < -0.4 is 9.47 Å². The Hall–Kier alpha value is -2.49. The van der Waals surface area contributed by atoms with E-state index in [9.17, 15) is 4.79 Å². The molecule has 5 atom stereocenters. The third-order valence-electron chi connectivity index (χ3n) is 8.47. The molecule has 1 fully saturated rings. The van der Waals surface area contributed by atoms with Crippen LogP contribution in [0.2, 0.25) is 0 Å². The van der Waals surface area contributed by atoms with E-state index in [4.69, 9.17) is 33.2 Å². The second-order valence-corrected chi connectivity index (χ2v) is 11.6. The Balaban J connectivity index is 1.76. The Bertz CT molecular complexity index is 1170. The minimum Gasteiger partial charge on any atom is -0.486 e. The highest BCUT2D eigenvalue weighted by atomic mass is 16.7. The van der Waals surface area contributed by atoms with Gasteiger partial charge in [-0.25, -0.2) is 0 Å². The Morgan fingerprint density at radius 1 is 0.795 bits per heavy atom. The number of unbranched alkanes of at least 4 members (excludes halogenated alkanes) is 3. The van der Waals surface area contributed by atoms with Gasteiger partial charge in [0.1, 0.15) is 37.6 Å². The summed E-state index contributed by atoms with van der Waals surface area (Å²) in [5, 5.41) is 0. The van der Waals surface area contributed by atoms with Gasteiger partial charge in [-0.2, -0.15) is 0 Å². The van der Waals surface area contributed by atoms with Crippen LogP contribution in [0.3, 0.4) is 0 Å². The number of benzene rings is 2. The zero-order valence-electron chi connectivity index (χ0n) is 27.3. The van der Waals surface area contributed by atoms with Crippen molar-refractivity contribution in [1.82, 2.24) is 0 Å². The Labute approximate surface area is 263 Å². The number of rotatable bonds is 18. The fourth-order valence-corrected chi connectivity index (χ4v) is 5.96. The third-order valence-corrected chi connectivity index (χ3v) is 8.47. The van der Waals surface area contributed by atoms with Crippen molar-refractivity contribution in [2.24, 2.45) is 0 Å². The summed E-state index contributed by atoms with van der Waals surface area (Å²) < 4.78 is 44.1. The fraction of sp³-hybridized carbons (Fsp3) is 0.639. The monoisotopic (exact) mass is 612 g/mol. The lowest BCUT2D eigenvalue weighted by Crippen LogP contribution is -2.66. The lowest BCUT2D eigenvalue weighted by atomic mass is 9.85. The summed E-state index contributed by atoms with van der Waals surface area (Å²) in [4.78, 5) is 12.6. The molecule has 2 aliphatic rings. The highest BCUT2D eigenvalue weighted by Gasteiger charge is 2.58. The number of hydrogen-bond acceptors (Lipinski definition) is 8. The van der Waals surface area contributed by atoms with Gasteiger partial charge in [-0.15, -0.1) is 0 Å². The van der Waals surface area contributed by atoms with Crippen molar-refractivity contribution in [1.29, 1.82) is 0 Å². The smallest absolute Gasteiger partial charge is 0.225 e. The first-order valence-electron chi connectivity index (χ1n) is 16.6. The number of aldehydes is 1. The molecule has 2 aliphatic heterocycles. The van der Waals surface area contributed by atoms with Gasteiger partial charge in [0, 0.05) is 32.5 Å². The Morgan fingerprint density at radius 2 is 1.45 bits per heavy atom. The summed E-state index contributed by atoms with van der Waals surface area (Å²) in [6.45, 7) is 11.2. The highest BCUT2D eigenvalue weighted by molar-refractivity contribution is 5.58. The van der Waals surface area contributed by atoms with Crippen molar-refractivity contribution in [3.05, 3.63) is 58.7 Å². The predicted octanol–water partition coefficient (Wildman–Crippen LogP) is 6.56. The molecule has 44 heavy (non-hydrogen) atoms. The van der Waals surface area contributed by atoms with Crippen LogP contribution >= 0.6 is 0 Å². The Kier molecular flexibility index (Phi) is 13.5. The van der Waals surface area contributed by atoms with E-state index < -0.39 is 30.2 Å². The maximum Gasteiger partial charge on any atom is 0.225 e.